The Labute approximate surface area is 169 Å². The molecule has 148 valence electrons. The molecule has 4 heteroatoms. The molecule has 1 heterocycles. The largest absolute Gasteiger partial charge is 0.494 e. The maximum atomic E-state index is 11.7. The van der Waals surface area contributed by atoms with Crippen LogP contribution in [0.2, 0.25) is 0 Å². The topological polar surface area (TPSA) is 32.7 Å². The smallest absolute Gasteiger partial charge is 0.119 e. The van der Waals surface area contributed by atoms with Crippen LogP contribution in [0.25, 0.3) is 0 Å². The highest BCUT2D eigenvalue weighted by Crippen LogP contribution is 2.34. The Kier molecular flexibility index (Phi) is 8.15. The Morgan fingerprint density at radius 1 is 0.926 bits per heavy atom. The summed E-state index contributed by atoms with van der Waals surface area (Å²) < 4.78 is 5.56. The van der Waals surface area contributed by atoms with Gasteiger partial charge >= 0.3 is 0 Å². The molecule has 1 unspecified atom stereocenters. The van der Waals surface area contributed by atoms with E-state index in [-0.39, 0.29) is 12.4 Å². The van der Waals surface area contributed by atoms with Gasteiger partial charge in [-0.15, -0.1) is 12.4 Å². The van der Waals surface area contributed by atoms with Gasteiger partial charge in [0, 0.05) is 6.54 Å². The molecule has 2 aromatic carbocycles. The number of rotatable bonds is 7. The molecule has 0 spiro atoms. The van der Waals surface area contributed by atoms with E-state index >= 15 is 0 Å². The van der Waals surface area contributed by atoms with Gasteiger partial charge in [-0.3, -0.25) is 0 Å². The van der Waals surface area contributed by atoms with Crippen LogP contribution in [0, 0.1) is 6.92 Å². The summed E-state index contributed by atoms with van der Waals surface area (Å²) in [6.45, 7) is 7.91. The predicted octanol–water partition coefficient (Wildman–Crippen LogP) is 4.93. The van der Waals surface area contributed by atoms with E-state index in [1.807, 2.05) is 31.2 Å². The molecule has 0 bridgehead atoms. The average molecular weight is 390 g/mol. The lowest BCUT2D eigenvalue weighted by molar-refractivity contribution is 0.0545. The van der Waals surface area contributed by atoms with Crippen molar-refractivity contribution in [2.24, 2.45) is 0 Å². The normalized spacial score (nSPS) is 17.0. The van der Waals surface area contributed by atoms with Crippen molar-refractivity contribution < 1.29 is 9.84 Å². The van der Waals surface area contributed by atoms with Gasteiger partial charge in [0.15, 0.2) is 0 Å². The standard InChI is InChI=1S/C23H31NO2.ClH/c1-3-26-22-13-11-21(12-14-22)23(25,20-9-7-19(2)8-10-20)15-18-24-16-5-4-6-17-24;/h7-14,25H,3-6,15-18H2,1-2H3;1H. The zero-order valence-electron chi connectivity index (χ0n) is 16.5. The molecule has 1 N–H and O–H groups in total. The molecule has 3 rings (SSSR count). The summed E-state index contributed by atoms with van der Waals surface area (Å²) in [5.41, 5.74) is 2.13. The first-order valence-corrected chi connectivity index (χ1v) is 9.87. The molecule has 27 heavy (non-hydrogen) atoms. The molecule has 0 aliphatic carbocycles. The van der Waals surface area contributed by atoms with E-state index in [4.69, 9.17) is 4.74 Å². The van der Waals surface area contributed by atoms with Gasteiger partial charge in [0.1, 0.15) is 11.4 Å². The third-order valence-corrected chi connectivity index (χ3v) is 5.41. The molecule has 1 aliphatic rings. The highest BCUT2D eigenvalue weighted by atomic mass is 35.5. The highest BCUT2D eigenvalue weighted by Gasteiger charge is 2.32. The molecule has 2 aromatic rings. The Hall–Kier alpha value is -1.55. The molecule has 1 saturated heterocycles. The lowest BCUT2D eigenvalue weighted by Crippen LogP contribution is -2.36. The van der Waals surface area contributed by atoms with Gasteiger partial charge in [-0.25, -0.2) is 0 Å². The van der Waals surface area contributed by atoms with Crippen LogP contribution in [-0.4, -0.2) is 36.2 Å². The minimum absolute atomic E-state index is 0. The fourth-order valence-electron chi connectivity index (χ4n) is 3.78. The van der Waals surface area contributed by atoms with Crippen LogP contribution in [0.1, 0.15) is 49.3 Å². The minimum Gasteiger partial charge on any atom is -0.494 e. The monoisotopic (exact) mass is 389 g/mol. The first-order valence-electron chi connectivity index (χ1n) is 9.87. The number of hydrogen-bond acceptors (Lipinski definition) is 3. The van der Waals surface area contributed by atoms with Gasteiger partial charge in [-0.05, 0) is 69.5 Å². The predicted molar refractivity (Wildman–Crippen MR) is 114 cm³/mol. The van der Waals surface area contributed by atoms with Crippen LogP contribution in [0.3, 0.4) is 0 Å². The zero-order valence-corrected chi connectivity index (χ0v) is 17.3. The Morgan fingerprint density at radius 3 is 2.04 bits per heavy atom. The highest BCUT2D eigenvalue weighted by molar-refractivity contribution is 5.85. The van der Waals surface area contributed by atoms with Crippen LogP contribution in [0.4, 0.5) is 0 Å². The Balaban J connectivity index is 0.00000261. The quantitative estimate of drug-likeness (QED) is 0.728. The Bertz CT molecular complexity index is 681. The van der Waals surface area contributed by atoms with E-state index in [9.17, 15) is 5.11 Å². The molecule has 1 fully saturated rings. The lowest BCUT2D eigenvalue weighted by Gasteiger charge is -2.34. The molecular weight excluding hydrogens is 358 g/mol. The minimum atomic E-state index is -0.976. The molecule has 0 radical (unpaired) electrons. The number of hydrogen-bond donors (Lipinski definition) is 1. The number of piperidine rings is 1. The summed E-state index contributed by atoms with van der Waals surface area (Å²) in [7, 11) is 0. The van der Waals surface area contributed by atoms with Crippen molar-refractivity contribution in [3.8, 4) is 5.75 Å². The van der Waals surface area contributed by atoms with Gasteiger partial charge in [-0.1, -0.05) is 48.4 Å². The SMILES string of the molecule is CCOc1ccc(C(O)(CCN2CCCCC2)c2ccc(C)cc2)cc1.Cl. The first kappa shape index (κ1) is 21.7. The van der Waals surface area contributed by atoms with E-state index in [2.05, 4.69) is 36.1 Å². The second-order valence-corrected chi connectivity index (χ2v) is 7.34. The van der Waals surface area contributed by atoms with Gasteiger partial charge in [-0.2, -0.15) is 0 Å². The van der Waals surface area contributed by atoms with Crippen LogP contribution >= 0.6 is 12.4 Å². The number of aliphatic hydroxyl groups is 1. The van der Waals surface area contributed by atoms with Crippen molar-refractivity contribution in [2.45, 2.75) is 45.1 Å². The van der Waals surface area contributed by atoms with Crippen LogP contribution in [0.15, 0.2) is 48.5 Å². The van der Waals surface area contributed by atoms with E-state index < -0.39 is 5.60 Å². The molecule has 3 nitrogen and oxygen atoms in total. The lowest BCUT2D eigenvalue weighted by atomic mass is 9.83. The number of nitrogens with zero attached hydrogens (tertiary/aromatic N) is 1. The average Bonchev–Trinajstić information content (AvgIpc) is 2.68. The van der Waals surface area contributed by atoms with Gasteiger partial charge in [0.2, 0.25) is 0 Å². The number of likely N-dealkylation sites (tertiary alicyclic amines) is 1. The van der Waals surface area contributed by atoms with Crippen molar-refractivity contribution in [3.63, 3.8) is 0 Å². The number of halogens is 1. The second-order valence-electron chi connectivity index (χ2n) is 7.34. The van der Waals surface area contributed by atoms with Crippen LogP contribution in [-0.2, 0) is 5.60 Å². The fraction of sp³-hybridized carbons (Fsp3) is 0.478. The summed E-state index contributed by atoms with van der Waals surface area (Å²) in [6.07, 6.45) is 4.57. The molecule has 0 saturated carbocycles. The van der Waals surface area contributed by atoms with Gasteiger partial charge in [0.25, 0.3) is 0 Å². The van der Waals surface area contributed by atoms with E-state index in [1.54, 1.807) is 0 Å². The summed E-state index contributed by atoms with van der Waals surface area (Å²) in [5.74, 6) is 0.846. The van der Waals surface area contributed by atoms with Crippen molar-refractivity contribution in [2.75, 3.05) is 26.2 Å². The maximum absolute atomic E-state index is 11.7. The number of aryl methyl sites for hydroxylation is 1. The summed E-state index contributed by atoms with van der Waals surface area (Å²) >= 11 is 0. The third kappa shape index (κ3) is 5.47. The first-order chi connectivity index (χ1) is 12.6. The van der Waals surface area contributed by atoms with Crippen molar-refractivity contribution >= 4 is 12.4 Å². The molecule has 1 atom stereocenters. The zero-order chi connectivity index (χ0) is 18.4. The Morgan fingerprint density at radius 2 is 1.48 bits per heavy atom. The van der Waals surface area contributed by atoms with Crippen LogP contribution in [0.5, 0.6) is 5.75 Å². The van der Waals surface area contributed by atoms with Gasteiger partial charge < -0.3 is 14.7 Å². The van der Waals surface area contributed by atoms with Crippen LogP contribution < -0.4 is 4.74 Å². The number of ether oxygens (including phenoxy) is 1. The van der Waals surface area contributed by atoms with Crippen molar-refractivity contribution in [1.29, 1.82) is 0 Å². The molecular formula is C23H32ClNO2. The fourth-order valence-corrected chi connectivity index (χ4v) is 3.78. The summed E-state index contributed by atoms with van der Waals surface area (Å²) in [4.78, 5) is 2.48. The maximum Gasteiger partial charge on any atom is 0.119 e. The summed E-state index contributed by atoms with van der Waals surface area (Å²) in [5, 5.41) is 11.7. The van der Waals surface area contributed by atoms with Gasteiger partial charge in [0.05, 0.1) is 6.61 Å². The molecule has 0 aromatic heterocycles. The number of benzene rings is 2. The van der Waals surface area contributed by atoms with Crippen molar-refractivity contribution in [1.82, 2.24) is 4.90 Å². The third-order valence-electron chi connectivity index (χ3n) is 5.41. The molecule has 1 aliphatic heterocycles. The van der Waals surface area contributed by atoms with E-state index in [1.165, 1.54) is 24.8 Å². The van der Waals surface area contributed by atoms with E-state index in [0.717, 1.165) is 36.5 Å². The second kappa shape index (κ2) is 10.1. The van der Waals surface area contributed by atoms with Crippen molar-refractivity contribution in [3.05, 3.63) is 65.2 Å². The summed E-state index contributed by atoms with van der Waals surface area (Å²) in [6, 6.07) is 16.2. The molecule has 0 amide bonds. The van der Waals surface area contributed by atoms with E-state index in [0.29, 0.717) is 13.0 Å².